The van der Waals surface area contributed by atoms with Gasteiger partial charge in [-0.1, -0.05) is 60.6 Å². The normalized spacial score (nSPS) is 11.1. The van der Waals surface area contributed by atoms with E-state index >= 15 is 0 Å². The van der Waals surface area contributed by atoms with Gasteiger partial charge in [-0.25, -0.2) is 0 Å². The quantitative estimate of drug-likeness (QED) is 0.256. The van der Waals surface area contributed by atoms with E-state index < -0.39 is 5.97 Å². The lowest BCUT2D eigenvalue weighted by molar-refractivity contribution is -0.136. The maximum atomic E-state index is 10.8. The highest BCUT2D eigenvalue weighted by molar-refractivity contribution is 6.00. The molecule has 0 aliphatic carbocycles. The number of carboxylic acid groups (broad SMARTS) is 1. The van der Waals surface area contributed by atoms with Gasteiger partial charge in [0, 0.05) is 0 Å². The van der Waals surface area contributed by atoms with Gasteiger partial charge in [-0.2, -0.15) is 0 Å². The van der Waals surface area contributed by atoms with Crippen LogP contribution in [-0.2, 0) is 16.1 Å². The van der Waals surface area contributed by atoms with E-state index in [9.17, 15) is 4.79 Å². The fourth-order valence-corrected chi connectivity index (χ4v) is 3.20. The molecule has 0 saturated heterocycles. The van der Waals surface area contributed by atoms with Crippen LogP contribution in [0, 0.1) is 0 Å². The molecule has 6 nitrogen and oxygen atoms in total. The third kappa shape index (κ3) is 6.60. The van der Waals surface area contributed by atoms with Crippen LogP contribution < -0.4 is 9.47 Å². The molecule has 166 valence electrons. The summed E-state index contributed by atoms with van der Waals surface area (Å²) in [6, 6.07) is 23.2. The zero-order chi connectivity index (χ0) is 22.8. The summed E-state index contributed by atoms with van der Waals surface area (Å²) in [5.74, 6) is 0.574. The SMILES string of the molecule is CCC(=NOCCOc1cccc(CC(=O)O)c1)c1ccc(-c2ccc(OC)cc2)cc1. The second-order valence-electron chi connectivity index (χ2n) is 7.10. The van der Waals surface area contributed by atoms with Crippen LogP contribution in [0.2, 0.25) is 0 Å². The van der Waals surface area contributed by atoms with Gasteiger partial charge in [-0.05, 0) is 52.9 Å². The van der Waals surface area contributed by atoms with E-state index in [-0.39, 0.29) is 13.0 Å². The first-order valence-electron chi connectivity index (χ1n) is 10.5. The maximum absolute atomic E-state index is 10.8. The lowest BCUT2D eigenvalue weighted by Gasteiger charge is -2.09. The third-order valence-corrected chi connectivity index (χ3v) is 4.85. The van der Waals surface area contributed by atoms with Crippen LogP contribution in [0.5, 0.6) is 11.5 Å². The zero-order valence-corrected chi connectivity index (χ0v) is 18.3. The first-order valence-corrected chi connectivity index (χ1v) is 10.5. The van der Waals surface area contributed by atoms with E-state index in [0.29, 0.717) is 17.9 Å². The molecule has 0 heterocycles. The van der Waals surface area contributed by atoms with E-state index in [4.69, 9.17) is 19.4 Å². The Morgan fingerprint density at radius 2 is 1.59 bits per heavy atom. The predicted molar refractivity (Wildman–Crippen MR) is 124 cm³/mol. The van der Waals surface area contributed by atoms with Gasteiger partial charge in [-0.3, -0.25) is 4.79 Å². The zero-order valence-electron chi connectivity index (χ0n) is 18.3. The number of nitrogens with zero attached hydrogens (tertiary/aromatic N) is 1. The highest BCUT2D eigenvalue weighted by atomic mass is 16.6. The molecule has 0 fully saturated rings. The number of aliphatic carboxylic acids is 1. The Balaban J connectivity index is 1.53. The van der Waals surface area contributed by atoms with Crippen molar-refractivity contribution in [2.24, 2.45) is 5.16 Å². The fraction of sp³-hybridized carbons (Fsp3) is 0.231. The summed E-state index contributed by atoms with van der Waals surface area (Å²) in [7, 11) is 1.66. The molecule has 3 aromatic rings. The summed E-state index contributed by atoms with van der Waals surface area (Å²) < 4.78 is 10.8. The lowest BCUT2D eigenvalue weighted by Crippen LogP contribution is -2.07. The molecule has 0 unspecified atom stereocenters. The Kier molecular flexibility index (Phi) is 8.26. The standard InChI is InChI=1S/C26H27NO5/c1-3-25(22-9-7-20(8-10-22)21-11-13-23(30-2)14-12-21)27-32-16-15-31-24-6-4-5-19(17-24)18-26(28)29/h4-14,17H,3,15-16,18H2,1-2H3,(H,28,29). The number of carboxylic acids is 1. The molecule has 0 spiro atoms. The van der Waals surface area contributed by atoms with Gasteiger partial charge in [0.25, 0.3) is 0 Å². The van der Waals surface area contributed by atoms with Crippen molar-refractivity contribution in [3.63, 3.8) is 0 Å². The Morgan fingerprint density at radius 3 is 2.22 bits per heavy atom. The van der Waals surface area contributed by atoms with Crippen LogP contribution in [0.15, 0.2) is 78.0 Å². The van der Waals surface area contributed by atoms with Gasteiger partial charge in [0.2, 0.25) is 0 Å². The van der Waals surface area contributed by atoms with Crippen molar-refractivity contribution in [1.82, 2.24) is 0 Å². The molecule has 0 saturated carbocycles. The molecule has 3 rings (SSSR count). The van der Waals surface area contributed by atoms with E-state index in [0.717, 1.165) is 34.6 Å². The number of hydrogen-bond donors (Lipinski definition) is 1. The van der Waals surface area contributed by atoms with Gasteiger partial charge in [-0.15, -0.1) is 0 Å². The molecule has 0 atom stereocenters. The first-order chi connectivity index (χ1) is 15.6. The number of oxime groups is 1. The maximum Gasteiger partial charge on any atom is 0.307 e. The van der Waals surface area contributed by atoms with Crippen molar-refractivity contribution in [3.8, 4) is 22.6 Å². The molecular weight excluding hydrogens is 406 g/mol. The van der Waals surface area contributed by atoms with Crippen LogP contribution >= 0.6 is 0 Å². The van der Waals surface area contributed by atoms with Gasteiger partial charge in [0.05, 0.1) is 19.2 Å². The van der Waals surface area contributed by atoms with Crippen LogP contribution in [0.3, 0.4) is 0 Å². The topological polar surface area (TPSA) is 77.4 Å². The van der Waals surface area contributed by atoms with Gasteiger partial charge in [0.15, 0.2) is 6.61 Å². The van der Waals surface area contributed by atoms with Crippen molar-refractivity contribution in [2.75, 3.05) is 20.3 Å². The number of benzene rings is 3. The smallest absolute Gasteiger partial charge is 0.307 e. The average molecular weight is 434 g/mol. The minimum Gasteiger partial charge on any atom is -0.497 e. The van der Waals surface area contributed by atoms with Crippen molar-refractivity contribution < 1.29 is 24.2 Å². The number of methoxy groups -OCH3 is 1. The van der Waals surface area contributed by atoms with Crippen molar-refractivity contribution in [1.29, 1.82) is 0 Å². The minimum absolute atomic E-state index is 0.0326. The Morgan fingerprint density at radius 1 is 0.906 bits per heavy atom. The fourth-order valence-electron chi connectivity index (χ4n) is 3.20. The van der Waals surface area contributed by atoms with E-state index in [1.165, 1.54) is 0 Å². The predicted octanol–water partition coefficient (Wildman–Crippen LogP) is 5.20. The molecule has 0 aliphatic heterocycles. The summed E-state index contributed by atoms with van der Waals surface area (Å²) in [5.41, 5.74) is 4.79. The number of ether oxygens (including phenoxy) is 2. The Labute approximate surface area is 188 Å². The summed E-state index contributed by atoms with van der Waals surface area (Å²) in [5, 5.41) is 13.2. The van der Waals surface area contributed by atoms with Gasteiger partial charge >= 0.3 is 5.97 Å². The molecule has 0 aliphatic rings. The largest absolute Gasteiger partial charge is 0.497 e. The second kappa shape index (κ2) is 11.6. The third-order valence-electron chi connectivity index (χ3n) is 4.85. The van der Waals surface area contributed by atoms with Gasteiger partial charge < -0.3 is 19.4 Å². The molecule has 0 amide bonds. The molecule has 0 radical (unpaired) electrons. The van der Waals surface area contributed by atoms with Crippen molar-refractivity contribution in [3.05, 3.63) is 83.9 Å². The van der Waals surface area contributed by atoms with E-state index in [1.807, 2.05) is 43.3 Å². The molecule has 3 aromatic carbocycles. The monoisotopic (exact) mass is 433 g/mol. The Hall–Kier alpha value is -3.80. The van der Waals surface area contributed by atoms with Crippen LogP contribution in [0.1, 0.15) is 24.5 Å². The molecule has 32 heavy (non-hydrogen) atoms. The summed E-state index contributed by atoms with van der Waals surface area (Å²) in [6.45, 7) is 2.63. The molecular formula is C26H27NO5. The summed E-state index contributed by atoms with van der Waals surface area (Å²) in [4.78, 5) is 16.3. The van der Waals surface area contributed by atoms with Crippen LogP contribution in [0.25, 0.3) is 11.1 Å². The lowest BCUT2D eigenvalue weighted by atomic mass is 10.0. The minimum atomic E-state index is -0.871. The molecule has 6 heteroatoms. The highest BCUT2D eigenvalue weighted by Gasteiger charge is 2.05. The molecule has 1 N–H and O–H groups in total. The summed E-state index contributed by atoms with van der Waals surface area (Å²) >= 11 is 0. The Bertz CT molecular complexity index is 1040. The van der Waals surface area contributed by atoms with Crippen molar-refractivity contribution >= 4 is 11.7 Å². The van der Waals surface area contributed by atoms with Crippen molar-refractivity contribution in [2.45, 2.75) is 19.8 Å². The first kappa shape index (κ1) is 22.9. The molecule has 0 bridgehead atoms. The number of carbonyl (C=O) groups is 1. The number of rotatable bonds is 11. The second-order valence-corrected chi connectivity index (χ2v) is 7.10. The number of hydrogen-bond acceptors (Lipinski definition) is 5. The molecule has 0 aromatic heterocycles. The van der Waals surface area contributed by atoms with Crippen LogP contribution in [-0.4, -0.2) is 37.1 Å². The van der Waals surface area contributed by atoms with Gasteiger partial charge in [0.1, 0.15) is 18.1 Å². The van der Waals surface area contributed by atoms with E-state index in [2.05, 4.69) is 17.3 Å². The average Bonchev–Trinajstić information content (AvgIpc) is 2.81. The summed E-state index contributed by atoms with van der Waals surface area (Å²) in [6.07, 6.45) is 0.703. The highest BCUT2D eigenvalue weighted by Crippen LogP contribution is 2.23. The van der Waals surface area contributed by atoms with E-state index in [1.54, 1.807) is 31.4 Å². The van der Waals surface area contributed by atoms with Crippen LogP contribution in [0.4, 0.5) is 0 Å².